The number of nitrogens with zero attached hydrogens (tertiary/aromatic N) is 1. The lowest BCUT2D eigenvalue weighted by atomic mass is 9.91. The molecule has 29 heavy (non-hydrogen) atoms. The van der Waals surface area contributed by atoms with Crippen LogP contribution in [0, 0.1) is 27.7 Å². The van der Waals surface area contributed by atoms with E-state index >= 15 is 0 Å². The number of aryl methyl sites for hydroxylation is 4. The average Bonchev–Trinajstić information content (AvgIpc) is 2.64. The van der Waals surface area contributed by atoms with Crippen molar-refractivity contribution in [2.75, 3.05) is 0 Å². The normalized spacial score (nSPS) is 12.1. The molecule has 0 bridgehead atoms. The van der Waals surface area contributed by atoms with Gasteiger partial charge in [-0.15, -0.1) is 0 Å². The van der Waals surface area contributed by atoms with E-state index in [1.807, 2.05) is 31.5 Å². The highest BCUT2D eigenvalue weighted by atomic mass is 19.4. The van der Waals surface area contributed by atoms with Gasteiger partial charge in [-0.3, -0.25) is 0 Å². The zero-order chi connectivity index (χ0) is 21.1. The largest absolute Gasteiger partial charge is 0.417 e. The molecule has 0 aliphatic rings. The van der Waals surface area contributed by atoms with Crippen molar-refractivity contribution in [3.8, 4) is 11.3 Å². The topological polar surface area (TPSA) is 3.88 Å². The Bertz CT molecular complexity index is 1280. The lowest BCUT2D eigenvalue weighted by Crippen LogP contribution is -2.31. The number of hydrogen-bond donors (Lipinski definition) is 0. The standard InChI is InChI=1S/C25H23F3N/c1-14-10-15(2)16(3)21(11-14)23-12-20-17(4)18-8-6-7-9-19(18)24(25(26,27)28)22(20)13-29(23)5/h6-13H,1-5H3/q+1. The molecular formula is C25H23F3N+. The van der Waals surface area contributed by atoms with Gasteiger partial charge in [0.25, 0.3) is 0 Å². The van der Waals surface area contributed by atoms with Gasteiger partial charge >= 0.3 is 6.18 Å². The minimum absolute atomic E-state index is 0.238. The van der Waals surface area contributed by atoms with Gasteiger partial charge in [0, 0.05) is 11.6 Å². The molecule has 1 aromatic heterocycles. The molecule has 0 amide bonds. The summed E-state index contributed by atoms with van der Waals surface area (Å²) in [5.41, 5.74) is 5.71. The Balaban J connectivity index is 2.18. The highest BCUT2D eigenvalue weighted by Gasteiger charge is 2.36. The summed E-state index contributed by atoms with van der Waals surface area (Å²) < 4.78 is 44.1. The van der Waals surface area contributed by atoms with Gasteiger partial charge < -0.3 is 0 Å². The van der Waals surface area contributed by atoms with E-state index in [1.165, 1.54) is 5.56 Å². The van der Waals surface area contributed by atoms with Crippen LogP contribution in [0.1, 0.15) is 27.8 Å². The summed E-state index contributed by atoms with van der Waals surface area (Å²) >= 11 is 0. The second-order valence-corrected chi connectivity index (χ2v) is 7.89. The molecule has 0 saturated heterocycles. The van der Waals surface area contributed by atoms with E-state index in [9.17, 15) is 13.2 Å². The Morgan fingerprint density at radius 1 is 0.759 bits per heavy atom. The number of benzene rings is 3. The lowest BCUT2D eigenvalue weighted by Gasteiger charge is -2.17. The maximum atomic E-state index is 14.1. The summed E-state index contributed by atoms with van der Waals surface area (Å²) in [5.74, 6) is 0. The molecule has 0 spiro atoms. The number of halogens is 3. The van der Waals surface area contributed by atoms with Gasteiger partial charge in [0.05, 0.1) is 10.9 Å². The van der Waals surface area contributed by atoms with Crippen molar-refractivity contribution in [3.63, 3.8) is 0 Å². The Hall–Kier alpha value is -2.88. The van der Waals surface area contributed by atoms with E-state index in [1.54, 1.807) is 30.5 Å². The fraction of sp³-hybridized carbons (Fsp3) is 0.240. The molecule has 148 valence electrons. The number of pyridine rings is 1. The van der Waals surface area contributed by atoms with E-state index in [4.69, 9.17) is 0 Å². The summed E-state index contributed by atoms with van der Waals surface area (Å²) in [6.45, 7) is 8.07. The van der Waals surface area contributed by atoms with Crippen LogP contribution in [0.3, 0.4) is 0 Å². The Morgan fingerprint density at radius 2 is 1.41 bits per heavy atom. The first-order chi connectivity index (χ1) is 13.6. The second kappa shape index (κ2) is 6.58. The Morgan fingerprint density at radius 3 is 2.07 bits per heavy atom. The Kier molecular flexibility index (Phi) is 4.41. The molecule has 0 unspecified atom stereocenters. The molecule has 0 saturated carbocycles. The van der Waals surface area contributed by atoms with Crippen LogP contribution >= 0.6 is 0 Å². The third kappa shape index (κ3) is 3.07. The summed E-state index contributed by atoms with van der Waals surface area (Å²) in [6, 6.07) is 12.9. The molecule has 4 rings (SSSR count). The predicted octanol–water partition coefficient (Wildman–Crippen LogP) is 6.74. The van der Waals surface area contributed by atoms with Gasteiger partial charge in [-0.25, -0.2) is 4.57 Å². The fourth-order valence-corrected chi connectivity index (χ4v) is 4.36. The van der Waals surface area contributed by atoms with Gasteiger partial charge in [0.2, 0.25) is 5.69 Å². The number of hydrogen-bond acceptors (Lipinski definition) is 0. The number of rotatable bonds is 1. The smallest absolute Gasteiger partial charge is 0.200 e. The van der Waals surface area contributed by atoms with Crippen LogP contribution in [0.5, 0.6) is 0 Å². The fourth-order valence-electron chi connectivity index (χ4n) is 4.36. The highest BCUT2D eigenvalue weighted by Crippen LogP contribution is 2.42. The molecule has 0 N–H and O–H groups in total. The molecule has 0 radical (unpaired) electrons. The first kappa shape index (κ1) is 19.4. The molecule has 4 aromatic rings. The summed E-state index contributed by atoms with van der Waals surface area (Å²) in [7, 11) is 1.82. The van der Waals surface area contributed by atoms with Gasteiger partial charge in [-0.2, -0.15) is 13.2 Å². The van der Waals surface area contributed by atoms with Crippen molar-refractivity contribution in [1.82, 2.24) is 0 Å². The van der Waals surface area contributed by atoms with Gasteiger partial charge in [-0.1, -0.05) is 35.9 Å². The molecule has 1 heterocycles. The monoisotopic (exact) mass is 394 g/mol. The molecule has 0 atom stereocenters. The number of aromatic nitrogens is 1. The van der Waals surface area contributed by atoms with Crippen LogP contribution in [0.2, 0.25) is 0 Å². The van der Waals surface area contributed by atoms with Crippen LogP contribution in [-0.4, -0.2) is 0 Å². The first-order valence-corrected chi connectivity index (χ1v) is 9.59. The molecule has 0 fully saturated rings. The average molecular weight is 394 g/mol. The number of fused-ring (bicyclic) bond motifs is 2. The second-order valence-electron chi connectivity index (χ2n) is 7.89. The van der Waals surface area contributed by atoms with Crippen molar-refractivity contribution in [3.05, 3.63) is 76.5 Å². The zero-order valence-electron chi connectivity index (χ0n) is 17.2. The SMILES string of the molecule is Cc1cc(C)c(C)c(-c2cc3c(C)c4ccccc4c(C(F)(F)F)c3c[n+]2C)c1. The van der Waals surface area contributed by atoms with Crippen LogP contribution in [0.15, 0.2) is 48.7 Å². The summed E-state index contributed by atoms with van der Waals surface area (Å²) in [4.78, 5) is 0. The van der Waals surface area contributed by atoms with E-state index in [-0.39, 0.29) is 10.8 Å². The van der Waals surface area contributed by atoms with Crippen LogP contribution in [0.25, 0.3) is 32.8 Å². The maximum absolute atomic E-state index is 14.1. The van der Waals surface area contributed by atoms with E-state index in [0.717, 1.165) is 27.9 Å². The maximum Gasteiger partial charge on any atom is 0.417 e. The van der Waals surface area contributed by atoms with E-state index in [2.05, 4.69) is 26.0 Å². The number of alkyl halides is 3. The minimum Gasteiger partial charge on any atom is -0.200 e. The van der Waals surface area contributed by atoms with Crippen molar-refractivity contribution >= 4 is 21.5 Å². The van der Waals surface area contributed by atoms with Crippen molar-refractivity contribution < 1.29 is 17.7 Å². The summed E-state index contributed by atoms with van der Waals surface area (Å²) in [5, 5.41) is 1.77. The van der Waals surface area contributed by atoms with Gasteiger partial charge in [0.1, 0.15) is 7.05 Å². The van der Waals surface area contributed by atoms with Gasteiger partial charge in [0.15, 0.2) is 6.20 Å². The van der Waals surface area contributed by atoms with Crippen LogP contribution in [0.4, 0.5) is 13.2 Å². The van der Waals surface area contributed by atoms with Crippen molar-refractivity contribution in [2.45, 2.75) is 33.9 Å². The van der Waals surface area contributed by atoms with E-state index < -0.39 is 11.7 Å². The predicted molar refractivity (Wildman–Crippen MR) is 112 cm³/mol. The molecule has 0 aliphatic heterocycles. The zero-order valence-corrected chi connectivity index (χ0v) is 17.2. The molecule has 0 aliphatic carbocycles. The minimum atomic E-state index is -4.43. The van der Waals surface area contributed by atoms with Gasteiger partial charge in [-0.05, 0) is 66.6 Å². The van der Waals surface area contributed by atoms with Crippen LogP contribution < -0.4 is 4.57 Å². The third-order valence-corrected chi connectivity index (χ3v) is 5.92. The third-order valence-electron chi connectivity index (χ3n) is 5.92. The van der Waals surface area contributed by atoms with Crippen molar-refractivity contribution in [1.29, 1.82) is 0 Å². The van der Waals surface area contributed by atoms with E-state index in [0.29, 0.717) is 10.8 Å². The molecule has 1 nitrogen and oxygen atoms in total. The quantitative estimate of drug-likeness (QED) is 0.249. The Labute approximate surface area is 168 Å². The van der Waals surface area contributed by atoms with Crippen LogP contribution in [-0.2, 0) is 13.2 Å². The first-order valence-electron chi connectivity index (χ1n) is 9.59. The lowest BCUT2D eigenvalue weighted by molar-refractivity contribution is -0.659. The van der Waals surface area contributed by atoms with Crippen molar-refractivity contribution in [2.24, 2.45) is 7.05 Å². The molecule has 4 heteroatoms. The highest BCUT2D eigenvalue weighted by molar-refractivity contribution is 6.06. The molecular weight excluding hydrogens is 371 g/mol. The molecule has 3 aromatic carbocycles. The summed E-state index contributed by atoms with van der Waals surface area (Å²) in [6.07, 6.45) is -2.81.